The molecular formula is C28H57O6PS. The molecule has 8 heteroatoms. The number of carbonyl (C=O) groups excluding carboxylic acids is 1. The largest absolute Gasteiger partial charge is 0.464 e. The van der Waals surface area contributed by atoms with Gasteiger partial charge in [0.1, 0.15) is 6.10 Å². The third-order valence-corrected chi connectivity index (χ3v) is 9.36. The monoisotopic (exact) mass is 552 g/mol. The van der Waals surface area contributed by atoms with Crippen molar-refractivity contribution in [1.82, 2.24) is 0 Å². The molecular weight excluding hydrogens is 495 g/mol. The van der Waals surface area contributed by atoms with E-state index in [0.29, 0.717) is 6.42 Å². The molecule has 0 radical (unpaired) electrons. The summed E-state index contributed by atoms with van der Waals surface area (Å²) in [6, 6.07) is 0. The molecule has 0 saturated carbocycles. The SMILES string of the molecule is CCCCCCCCCCCCCSC(CCCCCCC)C(C)OOP(=O)(OCCC)C(=O)OC. The highest BCUT2D eigenvalue weighted by Gasteiger charge is 2.39. The van der Waals surface area contributed by atoms with Crippen molar-refractivity contribution >= 4 is 25.1 Å². The fraction of sp³-hybridized carbons (Fsp3) is 0.964. The molecule has 0 N–H and O–H groups in total. The molecule has 0 aromatic rings. The minimum absolute atomic E-state index is 0.137. The summed E-state index contributed by atoms with van der Waals surface area (Å²) in [5.74, 6) is 1.07. The van der Waals surface area contributed by atoms with Crippen molar-refractivity contribution in [2.24, 2.45) is 0 Å². The molecule has 0 rings (SSSR count). The van der Waals surface area contributed by atoms with E-state index in [0.717, 1.165) is 18.6 Å². The van der Waals surface area contributed by atoms with Crippen molar-refractivity contribution in [2.45, 2.75) is 155 Å². The average Bonchev–Trinajstić information content (AvgIpc) is 2.89. The molecule has 0 aliphatic heterocycles. The molecule has 0 spiro atoms. The molecule has 0 aliphatic carbocycles. The van der Waals surface area contributed by atoms with Crippen molar-refractivity contribution in [3.63, 3.8) is 0 Å². The topological polar surface area (TPSA) is 71.1 Å². The van der Waals surface area contributed by atoms with Crippen LogP contribution in [-0.4, -0.2) is 36.5 Å². The summed E-state index contributed by atoms with van der Waals surface area (Å²) >= 11 is 1.90. The summed E-state index contributed by atoms with van der Waals surface area (Å²) < 4.78 is 27.7. The fourth-order valence-electron chi connectivity index (χ4n) is 4.02. The molecule has 0 fully saturated rings. The molecule has 0 saturated heterocycles. The minimum Gasteiger partial charge on any atom is -0.460 e. The standard InChI is InChI=1S/C28H57O6PS/c1-6-9-11-13-14-15-16-17-18-20-22-25-36-27(23-21-19-12-10-7-2)26(4)33-34-35(30,28(29)31-5)32-24-8-3/h26-27H,6-25H2,1-5H3. The van der Waals surface area contributed by atoms with Gasteiger partial charge in [0.05, 0.1) is 13.7 Å². The van der Waals surface area contributed by atoms with E-state index in [2.05, 4.69) is 18.6 Å². The van der Waals surface area contributed by atoms with E-state index < -0.39 is 13.3 Å². The molecule has 0 heterocycles. The number of hydrogen-bond acceptors (Lipinski definition) is 7. The van der Waals surface area contributed by atoms with Gasteiger partial charge in [-0.25, -0.2) is 14.2 Å². The molecule has 36 heavy (non-hydrogen) atoms. The Labute approximate surface area is 227 Å². The van der Waals surface area contributed by atoms with Crippen LogP contribution in [0.4, 0.5) is 4.79 Å². The molecule has 216 valence electrons. The number of ether oxygens (including phenoxy) is 1. The van der Waals surface area contributed by atoms with Crippen LogP contribution >= 0.6 is 19.4 Å². The molecule has 0 amide bonds. The first-order valence-corrected chi connectivity index (χ1v) is 17.3. The maximum atomic E-state index is 12.8. The van der Waals surface area contributed by atoms with E-state index >= 15 is 0 Å². The van der Waals surface area contributed by atoms with E-state index in [-0.39, 0.29) is 18.0 Å². The Balaban J connectivity index is 4.44. The van der Waals surface area contributed by atoms with Crippen LogP contribution in [0.25, 0.3) is 0 Å². The Morgan fingerprint density at radius 1 is 0.750 bits per heavy atom. The zero-order chi connectivity index (χ0) is 26.9. The van der Waals surface area contributed by atoms with Crippen LogP contribution < -0.4 is 0 Å². The lowest BCUT2D eigenvalue weighted by Crippen LogP contribution is -2.24. The quantitative estimate of drug-likeness (QED) is 0.0434. The lowest BCUT2D eigenvalue weighted by Gasteiger charge is -2.24. The number of methoxy groups -OCH3 is 1. The number of carbonyl (C=O) groups is 1. The van der Waals surface area contributed by atoms with Gasteiger partial charge in [-0.1, -0.05) is 117 Å². The van der Waals surface area contributed by atoms with Crippen LogP contribution in [0, 0.1) is 0 Å². The lowest BCUT2D eigenvalue weighted by molar-refractivity contribution is -0.245. The van der Waals surface area contributed by atoms with Crippen LogP contribution in [-0.2, 0) is 23.4 Å². The van der Waals surface area contributed by atoms with Gasteiger partial charge in [-0.3, -0.25) is 4.52 Å². The van der Waals surface area contributed by atoms with Crippen molar-refractivity contribution in [3.05, 3.63) is 0 Å². The zero-order valence-electron chi connectivity index (χ0n) is 24.1. The molecule has 6 nitrogen and oxygen atoms in total. The summed E-state index contributed by atoms with van der Waals surface area (Å²) in [4.78, 5) is 17.5. The molecule has 0 aromatic carbocycles. The van der Waals surface area contributed by atoms with Gasteiger partial charge in [-0.2, -0.15) is 11.8 Å². The third kappa shape index (κ3) is 19.1. The third-order valence-electron chi connectivity index (χ3n) is 6.35. The summed E-state index contributed by atoms with van der Waals surface area (Å²) in [5.41, 5.74) is -1.02. The average molecular weight is 553 g/mol. The zero-order valence-corrected chi connectivity index (χ0v) is 25.8. The van der Waals surface area contributed by atoms with E-state index in [1.54, 1.807) is 0 Å². The predicted molar refractivity (Wildman–Crippen MR) is 154 cm³/mol. The van der Waals surface area contributed by atoms with Gasteiger partial charge in [-0.05, 0) is 31.9 Å². The minimum atomic E-state index is -4.11. The maximum absolute atomic E-state index is 12.8. The summed E-state index contributed by atoms with van der Waals surface area (Å²) in [6.45, 7) is 8.41. The van der Waals surface area contributed by atoms with Gasteiger partial charge in [0.2, 0.25) is 0 Å². The van der Waals surface area contributed by atoms with E-state index in [1.807, 2.05) is 25.6 Å². The van der Waals surface area contributed by atoms with Crippen molar-refractivity contribution in [3.8, 4) is 0 Å². The van der Waals surface area contributed by atoms with Gasteiger partial charge >= 0.3 is 13.3 Å². The van der Waals surface area contributed by atoms with Crippen LogP contribution in [0.1, 0.15) is 143 Å². The predicted octanol–water partition coefficient (Wildman–Crippen LogP) is 10.5. The molecule has 0 aromatic heterocycles. The Kier molecular flexibility index (Phi) is 25.2. The highest BCUT2D eigenvalue weighted by molar-refractivity contribution is 7.99. The normalized spacial score (nSPS) is 14.9. The number of hydrogen-bond donors (Lipinski definition) is 0. The van der Waals surface area contributed by atoms with E-state index in [9.17, 15) is 9.36 Å². The Morgan fingerprint density at radius 3 is 1.75 bits per heavy atom. The number of thioether (sulfide) groups is 1. The first-order valence-electron chi connectivity index (χ1n) is 14.7. The first-order chi connectivity index (χ1) is 17.4. The second kappa shape index (κ2) is 25.2. The summed E-state index contributed by atoms with van der Waals surface area (Å²) in [5, 5.41) is 0.215. The summed E-state index contributed by atoms with van der Waals surface area (Å²) in [7, 11) is -2.95. The maximum Gasteiger partial charge on any atom is 0.464 e. The summed E-state index contributed by atoms with van der Waals surface area (Å²) in [6.07, 6.45) is 22.1. The second-order valence-electron chi connectivity index (χ2n) is 9.82. The molecule has 3 atom stereocenters. The number of rotatable bonds is 27. The van der Waals surface area contributed by atoms with Crippen LogP contribution in [0.15, 0.2) is 0 Å². The highest BCUT2D eigenvalue weighted by Crippen LogP contribution is 2.50. The van der Waals surface area contributed by atoms with Crippen molar-refractivity contribution in [1.29, 1.82) is 0 Å². The van der Waals surface area contributed by atoms with Gasteiger partial charge in [0.25, 0.3) is 0 Å². The first kappa shape index (κ1) is 35.9. The van der Waals surface area contributed by atoms with Crippen molar-refractivity contribution in [2.75, 3.05) is 19.5 Å². The molecule has 0 aliphatic rings. The van der Waals surface area contributed by atoms with Crippen molar-refractivity contribution < 1.29 is 28.2 Å². The lowest BCUT2D eigenvalue weighted by atomic mass is 10.1. The van der Waals surface area contributed by atoms with Gasteiger partial charge < -0.3 is 4.74 Å². The van der Waals surface area contributed by atoms with Crippen LogP contribution in [0.3, 0.4) is 0 Å². The molecule has 0 bridgehead atoms. The van der Waals surface area contributed by atoms with Gasteiger partial charge in [0.15, 0.2) is 0 Å². The van der Waals surface area contributed by atoms with E-state index in [1.165, 1.54) is 103 Å². The Hall–Kier alpha value is -0.0700. The van der Waals surface area contributed by atoms with Crippen LogP contribution in [0.2, 0.25) is 0 Å². The fourth-order valence-corrected chi connectivity index (χ4v) is 6.45. The number of unbranched alkanes of at least 4 members (excludes halogenated alkanes) is 14. The van der Waals surface area contributed by atoms with E-state index in [4.69, 9.17) is 14.1 Å². The highest BCUT2D eigenvalue weighted by atomic mass is 32.2. The smallest absolute Gasteiger partial charge is 0.460 e. The van der Waals surface area contributed by atoms with Gasteiger partial charge in [-0.15, -0.1) is 4.67 Å². The van der Waals surface area contributed by atoms with Crippen LogP contribution in [0.5, 0.6) is 0 Å². The van der Waals surface area contributed by atoms with Gasteiger partial charge in [0, 0.05) is 5.25 Å². The Morgan fingerprint density at radius 2 is 1.25 bits per heavy atom. The second-order valence-corrected chi connectivity index (χ2v) is 12.9. The molecule has 3 unspecified atom stereocenters. The Bertz CT molecular complexity index is 548.